The first-order valence-electron chi connectivity index (χ1n) is 9.18. The molecule has 0 bridgehead atoms. The number of hydrogen-bond acceptors (Lipinski definition) is 4. The van der Waals surface area contributed by atoms with E-state index < -0.39 is 0 Å². The fourth-order valence-electron chi connectivity index (χ4n) is 3.77. The Kier molecular flexibility index (Phi) is 5.97. The van der Waals surface area contributed by atoms with Gasteiger partial charge in [0, 0.05) is 38.0 Å². The van der Waals surface area contributed by atoms with Gasteiger partial charge in [-0.1, -0.05) is 17.7 Å². The van der Waals surface area contributed by atoms with Crippen LogP contribution in [0.4, 0.5) is 0 Å². The van der Waals surface area contributed by atoms with Crippen molar-refractivity contribution in [1.82, 2.24) is 14.8 Å². The summed E-state index contributed by atoms with van der Waals surface area (Å²) in [6.45, 7) is 2.19. The molecule has 0 saturated carbocycles. The molecule has 0 spiro atoms. The van der Waals surface area contributed by atoms with Crippen molar-refractivity contribution in [2.45, 2.75) is 37.5 Å². The lowest BCUT2D eigenvalue weighted by Gasteiger charge is -2.33. The third-order valence-corrected chi connectivity index (χ3v) is 6.03. The van der Waals surface area contributed by atoms with E-state index in [4.69, 9.17) is 23.2 Å². The van der Waals surface area contributed by atoms with Crippen molar-refractivity contribution in [3.05, 3.63) is 39.2 Å². The molecule has 1 aromatic heterocycles. The zero-order valence-electron chi connectivity index (χ0n) is 16.1. The van der Waals surface area contributed by atoms with Gasteiger partial charge < -0.3 is 9.80 Å². The van der Waals surface area contributed by atoms with E-state index in [1.54, 1.807) is 27.1 Å². The second kappa shape index (κ2) is 8.10. The molecule has 28 heavy (non-hydrogen) atoms. The maximum Gasteiger partial charge on any atom is 0.256 e. The van der Waals surface area contributed by atoms with Crippen LogP contribution < -0.4 is 0 Å². The van der Waals surface area contributed by atoms with Crippen molar-refractivity contribution in [2.75, 3.05) is 27.2 Å². The lowest BCUT2D eigenvalue weighted by Crippen LogP contribution is -2.45. The average molecular weight is 421 g/mol. The highest BCUT2D eigenvalue weighted by Gasteiger charge is 2.36. The monoisotopic (exact) mass is 420 g/mol. The summed E-state index contributed by atoms with van der Waals surface area (Å²) in [6, 6.07) is 2.21. The van der Waals surface area contributed by atoms with Crippen LogP contribution in [0, 0.1) is 18.3 Å². The molecule has 1 unspecified atom stereocenters. The molecule has 148 valence electrons. The van der Waals surface area contributed by atoms with Gasteiger partial charge in [-0.05, 0) is 25.3 Å². The number of rotatable bonds is 3. The number of nitriles is 1. The number of fused-ring (bicyclic) bond motifs is 1. The molecule has 0 N–H and O–H groups in total. The summed E-state index contributed by atoms with van der Waals surface area (Å²) in [5.74, 6) is -0.692. The van der Waals surface area contributed by atoms with E-state index in [2.05, 4.69) is 11.1 Å². The molecule has 2 atom stereocenters. The Bertz CT molecular complexity index is 904. The van der Waals surface area contributed by atoms with E-state index in [0.717, 1.165) is 0 Å². The zero-order valence-corrected chi connectivity index (χ0v) is 17.6. The molecule has 3 rings (SSSR count). The minimum atomic E-state index is -0.270. The second-order valence-electron chi connectivity index (χ2n) is 7.38. The number of allylic oxidation sites excluding steroid dienone is 2. The summed E-state index contributed by atoms with van der Waals surface area (Å²) in [4.78, 5) is 33.0. The number of alkyl halides is 1. The Morgan fingerprint density at radius 1 is 1.43 bits per heavy atom. The summed E-state index contributed by atoms with van der Waals surface area (Å²) < 4.78 is 0. The van der Waals surface area contributed by atoms with E-state index in [1.165, 1.54) is 9.80 Å². The summed E-state index contributed by atoms with van der Waals surface area (Å²) in [6.07, 6.45) is 3.67. The highest BCUT2D eigenvalue weighted by molar-refractivity contribution is 6.32. The van der Waals surface area contributed by atoms with Crippen LogP contribution >= 0.6 is 23.2 Å². The summed E-state index contributed by atoms with van der Waals surface area (Å²) in [5.41, 5.74) is 2.70. The molecule has 2 heterocycles. The quantitative estimate of drug-likeness (QED) is 0.704. The molecule has 2 aliphatic rings. The number of pyridine rings is 1. The highest BCUT2D eigenvalue weighted by Crippen LogP contribution is 2.42. The normalized spacial score (nSPS) is 21.6. The summed E-state index contributed by atoms with van der Waals surface area (Å²) >= 11 is 12.7. The van der Waals surface area contributed by atoms with Gasteiger partial charge in [0.25, 0.3) is 5.91 Å². The Balaban J connectivity index is 2.12. The topological polar surface area (TPSA) is 77.3 Å². The zero-order chi connectivity index (χ0) is 20.6. The van der Waals surface area contributed by atoms with Crippen LogP contribution in [0.2, 0.25) is 0 Å². The molecule has 0 fully saturated rings. The number of carbonyl (C=O) groups is 2. The third-order valence-electron chi connectivity index (χ3n) is 5.30. The third kappa shape index (κ3) is 3.74. The number of hydrogen-bond donors (Lipinski definition) is 0. The Morgan fingerprint density at radius 2 is 2.14 bits per heavy atom. The van der Waals surface area contributed by atoms with Crippen LogP contribution in [0.1, 0.15) is 51.6 Å². The lowest BCUT2D eigenvalue weighted by atomic mass is 9.81. The van der Waals surface area contributed by atoms with Gasteiger partial charge in [0.15, 0.2) is 0 Å². The molecule has 8 heteroatoms. The predicted octanol–water partition coefficient (Wildman–Crippen LogP) is 2.96. The molecule has 2 amide bonds. The molecule has 0 aromatic carbocycles. The maximum absolute atomic E-state index is 13.3. The molecule has 1 aliphatic heterocycles. The van der Waals surface area contributed by atoms with Gasteiger partial charge in [-0.2, -0.15) is 5.26 Å². The average Bonchev–Trinajstić information content (AvgIpc) is 2.63. The van der Waals surface area contributed by atoms with Gasteiger partial charge in [0.2, 0.25) is 5.91 Å². The van der Waals surface area contributed by atoms with Crippen molar-refractivity contribution in [2.24, 2.45) is 0 Å². The van der Waals surface area contributed by atoms with E-state index in [-0.39, 0.29) is 29.7 Å². The number of likely N-dealkylation sites (N-methyl/N-ethyl adjacent to an activating group) is 1. The van der Waals surface area contributed by atoms with Gasteiger partial charge in [0.1, 0.15) is 12.6 Å². The minimum absolute atomic E-state index is 0.00152. The van der Waals surface area contributed by atoms with Crippen LogP contribution in [0.15, 0.2) is 11.1 Å². The Hall–Kier alpha value is -2.10. The van der Waals surface area contributed by atoms with Crippen LogP contribution in [0.25, 0.3) is 0 Å². The molecule has 0 radical (unpaired) electrons. The van der Waals surface area contributed by atoms with Crippen LogP contribution in [0.3, 0.4) is 0 Å². The molecular formula is C20H22Cl2N4O2. The van der Waals surface area contributed by atoms with Gasteiger partial charge in [-0.3, -0.25) is 14.6 Å². The van der Waals surface area contributed by atoms with Crippen LogP contribution in [-0.4, -0.2) is 59.2 Å². The van der Waals surface area contributed by atoms with E-state index in [1.807, 2.05) is 0 Å². The number of nitrogens with zero attached hydrogens (tertiary/aromatic N) is 4. The lowest BCUT2D eigenvalue weighted by molar-refractivity contribution is -0.129. The van der Waals surface area contributed by atoms with E-state index in [0.29, 0.717) is 58.9 Å². The smallest absolute Gasteiger partial charge is 0.256 e. The second-order valence-corrected chi connectivity index (χ2v) is 8.38. The predicted molar refractivity (Wildman–Crippen MR) is 108 cm³/mol. The maximum atomic E-state index is 13.3. The van der Waals surface area contributed by atoms with Gasteiger partial charge in [-0.15, -0.1) is 11.6 Å². The first-order valence-corrected chi connectivity index (χ1v) is 10.00. The van der Waals surface area contributed by atoms with Crippen molar-refractivity contribution >= 4 is 35.0 Å². The van der Waals surface area contributed by atoms with Crippen molar-refractivity contribution in [3.63, 3.8) is 0 Å². The first kappa shape index (κ1) is 20.6. The molecular weight excluding hydrogens is 399 g/mol. The van der Waals surface area contributed by atoms with Crippen LogP contribution in [-0.2, 0) is 11.2 Å². The van der Waals surface area contributed by atoms with Crippen molar-refractivity contribution in [1.29, 1.82) is 5.26 Å². The van der Waals surface area contributed by atoms with Crippen molar-refractivity contribution in [3.8, 4) is 6.07 Å². The number of aryl methyl sites for hydroxylation is 1. The fraction of sp³-hybridized carbons (Fsp3) is 0.500. The summed E-state index contributed by atoms with van der Waals surface area (Å²) in [5, 5.41) is 10.2. The Labute approximate surface area is 174 Å². The number of halogens is 2. The van der Waals surface area contributed by atoms with Gasteiger partial charge in [0.05, 0.1) is 27.9 Å². The molecule has 0 saturated heterocycles. The van der Waals surface area contributed by atoms with E-state index >= 15 is 0 Å². The molecule has 1 aliphatic carbocycles. The Morgan fingerprint density at radius 3 is 2.75 bits per heavy atom. The standard InChI is InChI=1S/C20H22Cl2N4O2/c1-11-14(9-23)18(13-5-4-12(21)8-15(13)22)19-16(24-11)6-7-26(20(19)28)10-17(27)25(2)3/h8,12-13H,4-7,10H2,1-3H3/t12-,13?/m0/s1. The van der Waals surface area contributed by atoms with Gasteiger partial charge >= 0.3 is 0 Å². The first-order chi connectivity index (χ1) is 13.2. The number of aromatic nitrogens is 1. The SMILES string of the molecule is Cc1nc2c(c(C3CC[C@H](Cl)C=C3Cl)c1C#N)C(=O)N(CC(=O)N(C)C)CC2. The number of amides is 2. The molecule has 6 nitrogen and oxygen atoms in total. The number of carbonyl (C=O) groups excluding carboxylic acids is 2. The molecule has 1 aromatic rings. The van der Waals surface area contributed by atoms with Crippen molar-refractivity contribution < 1.29 is 9.59 Å². The minimum Gasteiger partial charge on any atom is -0.347 e. The largest absolute Gasteiger partial charge is 0.347 e. The van der Waals surface area contributed by atoms with Gasteiger partial charge in [-0.25, -0.2) is 0 Å². The van der Waals surface area contributed by atoms with Crippen LogP contribution in [0.5, 0.6) is 0 Å². The fourth-order valence-corrected chi connectivity index (χ4v) is 4.47. The summed E-state index contributed by atoms with van der Waals surface area (Å²) in [7, 11) is 3.31. The highest BCUT2D eigenvalue weighted by atomic mass is 35.5. The van der Waals surface area contributed by atoms with E-state index in [9.17, 15) is 14.9 Å².